The van der Waals surface area contributed by atoms with Gasteiger partial charge in [0.1, 0.15) is 6.29 Å². The standard InChI is InChI=1S/C12H14O/c1-4-5-11-6-7-12(8-13)10(3)9(11)2/h4,6-8H,1,5H2,2-3H3. The largest absolute Gasteiger partial charge is 0.298 e. The van der Waals surface area contributed by atoms with E-state index in [2.05, 4.69) is 6.58 Å². The fourth-order valence-corrected chi connectivity index (χ4v) is 1.40. The molecule has 0 aromatic heterocycles. The van der Waals surface area contributed by atoms with Crippen molar-refractivity contribution in [3.8, 4) is 0 Å². The van der Waals surface area contributed by atoms with Gasteiger partial charge in [-0.3, -0.25) is 4.79 Å². The number of hydrogen-bond donors (Lipinski definition) is 0. The average Bonchev–Trinajstić information content (AvgIpc) is 2.14. The van der Waals surface area contributed by atoms with Crippen LogP contribution in [-0.2, 0) is 6.42 Å². The summed E-state index contributed by atoms with van der Waals surface area (Å²) in [6, 6.07) is 3.86. The number of hydrogen-bond acceptors (Lipinski definition) is 1. The van der Waals surface area contributed by atoms with E-state index >= 15 is 0 Å². The zero-order chi connectivity index (χ0) is 9.84. The molecule has 13 heavy (non-hydrogen) atoms. The summed E-state index contributed by atoms with van der Waals surface area (Å²) < 4.78 is 0. The Bertz CT molecular complexity index is 337. The summed E-state index contributed by atoms with van der Waals surface area (Å²) in [4.78, 5) is 10.6. The minimum Gasteiger partial charge on any atom is -0.298 e. The lowest BCUT2D eigenvalue weighted by Gasteiger charge is -2.08. The summed E-state index contributed by atoms with van der Waals surface area (Å²) in [5.74, 6) is 0. The number of rotatable bonds is 3. The molecule has 0 aliphatic heterocycles. The summed E-state index contributed by atoms with van der Waals surface area (Å²) in [6.07, 6.45) is 3.65. The van der Waals surface area contributed by atoms with E-state index in [9.17, 15) is 4.79 Å². The Hall–Kier alpha value is -1.37. The molecule has 0 atom stereocenters. The molecule has 0 amide bonds. The summed E-state index contributed by atoms with van der Waals surface area (Å²) in [6.45, 7) is 7.72. The number of aldehydes is 1. The normalized spacial score (nSPS) is 9.69. The second kappa shape index (κ2) is 4.04. The quantitative estimate of drug-likeness (QED) is 0.508. The molecule has 0 aliphatic carbocycles. The van der Waals surface area contributed by atoms with Crippen LogP contribution >= 0.6 is 0 Å². The van der Waals surface area contributed by atoms with Crippen molar-refractivity contribution < 1.29 is 4.79 Å². The predicted octanol–water partition coefficient (Wildman–Crippen LogP) is 2.84. The van der Waals surface area contributed by atoms with E-state index in [1.54, 1.807) is 0 Å². The van der Waals surface area contributed by atoms with E-state index in [0.717, 1.165) is 23.8 Å². The molecule has 0 fully saturated rings. The molecule has 1 nitrogen and oxygen atoms in total. The molecular formula is C12H14O. The molecule has 0 radical (unpaired) electrons. The Morgan fingerprint density at radius 1 is 1.31 bits per heavy atom. The summed E-state index contributed by atoms with van der Waals surface area (Å²) in [5, 5.41) is 0. The zero-order valence-corrected chi connectivity index (χ0v) is 8.13. The summed E-state index contributed by atoms with van der Waals surface area (Å²) in [7, 11) is 0. The van der Waals surface area contributed by atoms with Crippen molar-refractivity contribution in [3.05, 3.63) is 47.0 Å². The first kappa shape index (κ1) is 9.72. The van der Waals surface area contributed by atoms with Crippen LogP contribution in [0.2, 0.25) is 0 Å². The van der Waals surface area contributed by atoms with Crippen molar-refractivity contribution in [1.82, 2.24) is 0 Å². The van der Waals surface area contributed by atoms with Gasteiger partial charge in [0.2, 0.25) is 0 Å². The van der Waals surface area contributed by atoms with Crippen LogP contribution < -0.4 is 0 Å². The van der Waals surface area contributed by atoms with Crippen LogP contribution in [0, 0.1) is 13.8 Å². The Balaban J connectivity index is 3.22. The van der Waals surface area contributed by atoms with Gasteiger partial charge in [-0.05, 0) is 37.0 Å². The van der Waals surface area contributed by atoms with Crippen LogP contribution in [0.25, 0.3) is 0 Å². The molecule has 1 rings (SSSR count). The van der Waals surface area contributed by atoms with Crippen molar-refractivity contribution in [2.24, 2.45) is 0 Å². The lowest BCUT2D eigenvalue weighted by Crippen LogP contribution is -1.95. The molecule has 68 valence electrons. The van der Waals surface area contributed by atoms with E-state index in [1.807, 2.05) is 32.1 Å². The van der Waals surface area contributed by atoms with Gasteiger partial charge in [-0.1, -0.05) is 18.2 Å². The van der Waals surface area contributed by atoms with E-state index in [-0.39, 0.29) is 0 Å². The first-order valence-electron chi connectivity index (χ1n) is 4.36. The van der Waals surface area contributed by atoms with E-state index in [0.29, 0.717) is 0 Å². The van der Waals surface area contributed by atoms with Gasteiger partial charge >= 0.3 is 0 Å². The highest BCUT2D eigenvalue weighted by molar-refractivity contribution is 5.78. The lowest BCUT2D eigenvalue weighted by atomic mass is 9.97. The van der Waals surface area contributed by atoms with Crippen molar-refractivity contribution in [2.45, 2.75) is 20.3 Å². The van der Waals surface area contributed by atoms with Gasteiger partial charge in [-0.15, -0.1) is 6.58 Å². The Morgan fingerprint density at radius 2 is 2.00 bits per heavy atom. The van der Waals surface area contributed by atoms with Crippen molar-refractivity contribution in [3.63, 3.8) is 0 Å². The van der Waals surface area contributed by atoms with Crippen LogP contribution in [0.5, 0.6) is 0 Å². The molecule has 0 bridgehead atoms. The van der Waals surface area contributed by atoms with Crippen molar-refractivity contribution in [1.29, 1.82) is 0 Å². The highest BCUT2D eigenvalue weighted by Gasteiger charge is 2.03. The molecule has 1 heteroatoms. The smallest absolute Gasteiger partial charge is 0.150 e. The van der Waals surface area contributed by atoms with Gasteiger partial charge in [-0.25, -0.2) is 0 Å². The third-order valence-corrected chi connectivity index (χ3v) is 2.43. The highest BCUT2D eigenvalue weighted by atomic mass is 16.1. The van der Waals surface area contributed by atoms with Gasteiger partial charge in [0.05, 0.1) is 0 Å². The molecule has 0 aliphatic rings. The molecular weight excluding hydrogens is 160 g/mol. The maximum Gasteiger partial charge on any atom is 0.150 e. The molecule has 0 saturated heterocycles. The second-order valence-electron chi connectivity index (χ2n) is 3.17. The lowest BCUT2D eigenvalue weighted by molar-refractivity contribution is 0.112. The summed E-state index contributed by atoms with van der Waals surface area (Å²) >= 11 is 0. The number of carbonyl (C=O) groups is 1. The van der Waals surface area contributed by atoms with E-state index < -0.39 is 0 Å². The molecule has 0 heterocycles. The highest BCUT2D eigenvalue weighted by Crippen LogP contribution is 2.17. The monoisotopic (exact) mass is 174 g/mol. The molecule has 1 aromatic carbocycles. The second-order valence-corrected chi connectivity index (χ2v) is 3.17. The molecule has 0 saturated carbocycles. The fourth-order valence-electron chi connectivity index (χ4n) is 1.40. The minimum atomic E-state index is 0.783. The topological polar surface area (TPSA) is 17.1 Å². The van der Waals surface area contributed by atoms with E-state index in [1.165, 1.54) is 11.1 Å². The zero-order valence-electron chi connectivity index (χ0n) is 8.13. The van der Waals surface area contributed by atoms with Crippen molar-refractivity contribution >= 4 is 6.29 Å². The van der Waals surface area contributed by atoms with Gasteiger partial charge in [0, 0.05) is 5.56 Å². The number of allylic oxidation sites excluding steroid dienone is 1. The fraction of sp³-hybridized carbons (Fsp3) is 0.250. The molecule has 0 N–H and O–H groups in total. The SMILES string of the molecule is C=CCc1ccc(C=O)c(C)c1C. The van der Waals surface area contributed by atoms with Crippen LogP contribution in [-0.4, -0.2) is 6.29 Å². The van der Waals surface area contributed by atoms with Crippen LogP contribution in [0.15, 0.2) is 24.8 Å². The van der Waals surface area contributed by atoms with Gasteiger partial charge in [0.25, 0.3) is 0 Å². The minimum absolute atomic E-state index is 0.783. The number of benzene rings is 1. The van der Waals surface area contributed by atoms with Crippen LogP contribution in [0.1, 0.15) is 27.0 Å². The third-order valence-electron chi connectivity index (χ3n) is 2.43. The van der Waals surface area contributed by atoms with Crippen molar-refractivity contribution in [2.75, 3.05) is 0 Å². The maximum atomic E-state index is 10.6. The first-order valence-corrected chi connectivity index (χ1v) is 4.36. The number of carbonyl (C=O) groups excluding carboxylic acids is 1. The summed E-state index contributed by atoms with van der Waals surface area (Å²) in [5.41, 5.74) is 4.31. The third kappa shape index (κ3) is 1.86. The first-order chi connectivity index (χ1) is 6.20. The van der Waals surface area contributed by atoms with Crippen LogP contribution in [0.3, 0.4) is 0 Å². The van der Waals surface area contributed by atoms with Crippen LogP contribution in [0.4, 0.5) is 0 Å². The van der Waals surface area contributed by atoms with Gasteiger partial charge < -0.3 is 0 Å². The maximum absolute atomic E-state index is 10.6. The average molecular weight is 174 g/mol. The Labute approximate surface area is 79.1 Å². The molecule has 0 unspecified atom stereocenters. The Kier molecular flexibility index (Phi) is 3.02. The van der Waals surface area contributed by atoms with Gasteiger partial charge in [0.15, 0.2) is 0 Å². The van der Waals surface area contributed by atoms with E-state index in [4.69, 9.17) is 0 Å². The molecule has 0 spiro atoms. The van der Waals surface area contributed by atoms with Gasteiger partial charge in [-0.2, -0.15) is 0 Å². The predicted molar refractivity (Wildman–Crippen MR) is 55.2 cm³/mol. The molecule has 1 aromatic rings. The Morgan fingerprint density at radius 3 is 2.54 bits per heavy atom.